The second kappa shape index (κ2) is 9.35. The van der Waals surface area contributed by atoms with Gasteiger partial charge in [-0.2, -0.15) is 0 Å². The van der Waals surface area contributed by atoms with E-state index < -0.39 is 11.9 Å². The number of amides is 3. The van der Waals surface area contributed by atoms with Crippen LogP contribution >= 0.6 is 0 Å². The van der Waals surface area contributed by atoms with Crippen molar-refractivity contribution in [3.05, 3.63) is 29.8 Å². The van der Waals surface area contributed by atoms with Gasteiger partial charge in [0.25, 0.3) is 5.91 Å². The van der Waals surface area contributed by atoms with Crippen molar-refractivity contribution in [2.75, 3.05) is 25.0 Å². The molecule has 0 radical (unpaired) electrons. The number of hydrogen-bond acceptors (Lipinski definition) is 4. The zero-order valence-electron chi connectivity index (χ0n) is 12.1. The molecule has 0 aromatic heterocycles. The van der Waals surface area contributed by atoms with Gasteiger partial charge in [0.2, 0.25) is 0 Å². The molecule has 0 bridgehead atoms. The number of carbonyl (C=O) groups is 3. The topological polar surface area (TPSA) is 134 Å². The molecule has 3 amide bonds. The molecule has 1 aromatic rings. The fraction of sp³-hybridized carbons (Fsp3) is 0.357. The Bertz CT molecular complexity index is 533. The number of nitrogens with two attached hydrogens (primary N) is 1. The smallest absolute Gasteiger partial charge is 0.319 e. The van der Waals surface area contributed by atoms with Crippen LogP contribution in [0.25, 0.3) is 0 Å². The Balaban J connectivity index is 2.52. The minimum Gasteiger partial charge on any atom is -0.481 e. The highest BCUT2D eigenvalue weighted by molar-refractivity contribution is 5.97. The van der Waals surface area contributed by atoms with Crippen LogP contribution in [0.1, 0.15) is 23.2 Å². The average Bonchev–Trinajstić information content (AvgIpc) is 2.47. The fourth-order valence-electron chi connectivity index (χ4n) is 1.60. The van der Waals surface area contributed by atoms with Crippen molar-refractivity contribution in [2.24, 2.45) is 5.73 Å². The molecule has 1 rings (SSSR count). The summed E-state index contributed by atoms with van der Waals surface area (Å²) in [6, 6.07) is 5.99. The lowest BCUT2D eigenvalue weighted by Gasteiger charge is -2.09. The van der Waals surface area contributed by atoms with Crippen LogP contribution in [0.2, 0.25) is 0 Å². The van der Waals surface area contributed by atoms with Crippen LogP contribution in [0.5, 0.6) is 0 Å². The molecule has 6 N–H and O–H groups in total. The minimum atomic E-state index is -0.982. The van der Waals surface area contributed by atoms with Crippen LogP contribution in [0.15, 0.2) is 24.3 Å². The first-order chi connectivity index (χ1) is 10.5. The maximum atomic E-state index is 11.8. The van der Waals surface area contributed by atoms with Gasteiger partial charge < -0.3 is 26.8 Å². The molecule has 0 aliphatic carbocycles. The summed E-state index contributed by atoms with van der Waals surface area (Å²) < 4.78 is 0. The molecule has 0 saturated heterocycles. The van der Waals surface area contributed by atoms with Gasteiger partial charge in [-0.05, 0) is 31.2 Å². The van der Waals surface area contributed by atoms with E-state index >= 15 is 0 Å². The molecule has 0 aliphatic heterocycles. The van der Waals surface area contributed by atoms with Gasteiger partial charge >= 0.3 is 12.0 Å². The second-order valence-corrected chi connectivity index (χ2v) is 4.50. The number of anilines is 1. The van der Waals surface area contributed by atoms with E-state index in [0.717, 1.165) is 0 Å². The van der Waals surface area contributed by atoms with Gasteiger partial charge in [0.05, 0.1) is 6.42 Å². The van der Waals surface area contributed by atoms with E-state index in [4.69, 9.17) is 10.8 Å². The Morgan fingerprint density at radius 3 is 2.59 bits per heavy atom. The number of carboxylic acid groups (broad SMARTS) is 1. The lowest BCUT2D eigenvalue weighted by atomic mass is 10.2. The molecular weight excluding hydrogens is 288 g/mol. The third-order valence-corrected chi connectivity index (χ3v) is 2.67. The first-order valence-corrected chi connectivity index (χ1v) is 6.88. The van der Waals surface area contributed by atoms with Crippen LogP contribution in [-0.4, -0.2) is 42.6 Å². The van der Waals surface area contributed by atoms with Crippen molar-refractivity contribution in [1.29, 1.82) is 0 Å². The molecule has 1 aromatic carbocycles. The number of urea groups is 1. The second-order valence-electron chi connectivity index (χ2n) is 4.50. The number of hydrogen-bond donors (Lipinski definition) is 5. The first kappa shape index (κ1) is 17.4. The number of benzene rings is 1. The lowest BCUT2D eigenvalue weighted by molar-refractivity contribution is -0.136. The number of aliphatic carboxylic acids is 1. The predicted molar refractivity (Wildman–Crippen MR) is 81.7 cm³/mol. The van der Waals surface area contributed by atoms with Gasteiger partial charge in [-0.3, -0.25) is 9.59 Å². The zero-order valence-corrected chi connectivity index (χ0v) is 12.1. The summed E-state index contributed by atoms with van der Waals surface area (Å²) in [6.45, 7) is 1.01. The van der Waals surface area contributed by atoms with E-state index in [1.54, 1.807) is 18.2 Å². The van der Waals surface area contributed by atoms with Crippen LogP contribution < -0.4 is 21.7 Å². The summed E-state index contributed by atoms with van der Waals surface area (Å²) >= 11 is 0. The zero-order chi connectivity index (χ0) is 16.4. The van der Waals surface area contributed by atoms with Gasteiger partial charge in [0.1, 0.15) is 0 Å². The third-order valence-electron chi connectivity index (χ3n) is 2.67. The molecule has 0 saturated carbocycles. The van der Waals surface area contributed by atoms with Crippen LogP contribution in [0.4, 0.5) is 10.5 Å². The van der Waals surface area contributed by atoms with E-state index in [0.29, 0.717) is 30.8 Å². The van der Waals surface area contributed by atoms with Crippen LogP contribution in [-0.2, 0) is 4.79 Å². The largest absolute Gasteiger partial charge is 0.481 e. The van der Waals surface area contributed by atoms with E-state index in [1.807, 2.05) is 0 Å². The van der Waals surface area contributed by atoms with Crippen molar-refractivity contribution in [3.8, 4) is 0 Å². The lowest BCUT2D eigenvalue weighted by Crippen LogP contribution is -2.30. The summed E-state index contributed by atoms with van der Waals surface area (Å²) in [4.78, 5) is 33.8. The van der Waals surface area contributed by atoms with Crippen molar-refractivity contribution in [2.45, 2.75) is 12.8 Å². The maximum Gasteiger partial charge on any atom is 0.319 e. The quantitative estimate of drug-likeness (QED) is 0.442. The number of carbonyl (C=O) groups excluding carboxylic acids is 2. The van der Waals surface area contributed by atoms with E-state index in [2.05, 4.69) is 16.0 Å². The molecule has 0 aliphatic rings. The van der Waals surface area contributed by atoms with Crippen molar-refractivity contribution >= 4 is 23.6 Å². The Morgan fingerprint density at radius 1 is 1.14 bits per heavy atom. The van der Waals surface area contributed by atoms with Gasteiger partial charge in [-0.25, -0.2) is 4.79 Å². The molecular formula is C14H20N4O4. The molecule has 0 unspecified atom stereocenters. The summed E-state index contributed by atoms with van der Waals surface area (Å²) in [5.41, 5.74) is 6.13. The summed E-state index contributed by atoms with van der Waals surface area (Å²) in [5, 5.41) is 16.2. The van der Waals surface area contributed by atoms with Crippen LogP contribution in [0, 0.1) is 0 Å². The van der Waals surface area contributed by atoms with E-state index in [1.165, 1.54) is 6.07 Å². The highest BCUT2D eigenvalue weighted by Gasteiger charge is 2.08. The van der Waals surface area contributed by atoms with Gasteiger partial charge in [-0.15, -0.1) is 0 Å². The van der Waals surface area contributed by atoms with Crippen molar-refractivity contribution < 1.29 is 19.5 Å². The highest BCUT2D eigenvalue weighted by Crippen LogP contribution is 2.10. The molecule has 0 heterocycles. The highest BCUT2D eigenvalue weighted by atomic mass is 16.4. The number of rotatable bonds is 8. The fourth-order valence-corrected chi connectivity index (χ4v) is 1.60. The molecule has 22 heavy (non-hydrogen) atoms. The Kier molecular flexibility index (Phi) is 7.41. The first-order valence-electron chi connectivity index (χ1n) is 6.88. The molecule has 8 heteroatoms. The molecule has 0 fully saturated rings. The van der Waals surface area contributed by atoms with E-state index in [-0.39, 0.29) is 19.0 Å². The molecule has 0 atom stereocenters. The average molecular weight is 308 g/mol. The molecule has 120 valence electrons. The minimum absolute atomic E-state index is 0.0470. The SMILES string of the molecule is NCCCNC(=O)Nc1cccc(C(=O)NCCC(=O)O)c1. The summed E-state index contributed by atoms with van der Waals surface area (Å²) in [5.74, 6) is -1.38. The van der Waals surface area contributed by atoms with Gasteiger partial charge in [0, 0.05) is 24.3 Å². The standard InChI is InChI=1S/C14H20N4O4/c15-6-2-7-17-14(22)18-11-4-1-3-10(9-11)13(21)16-8-5-12(19)20/h1,3-4,9H,2,5-8,15H2,(H,16,21)(H,19,20)(H2,17,18,22). The predicted octanol–water partition coefficient (Wildman–Crippen LogP) is 0.361. The monoisotopic (exact) mass is 308 g/mol. The normalized spacial score (nSPS) is 9.86. The Morgan fingerprint density at radius 2 is 1.91 bits per heavy atom. The van der Waals surface area contributed by atoms with Gasteiger partial charge in [0.15, 0.2) is 0 Å². The third kappa shape index (κ3) is 6.71. The van der Waals surface area contributed by atoms with Crippen molar-refractivity contribution in [1.82, 2.24) is 10.6 Å². The Labute approximate surface area is 128 Å². The van der Waals surface area contributed by atoms with Crippen LogP contribution in [0.3, 0.4) is 0 Å². The maximum absolute atomic E-state index is 11.8. The molecule has 8 nitrogen and oxygen atoms in total. The Hall–Kier alpha value is -2.61. The van der Waals surface area contributed by atoms with Gasteiger partial charge in [-0.1, -0.05) is 6.07 Å². The molecule has 0 spiro atoms. The van der Waals surface area contributed by atoms with E-state index in [9.17, 15) is 14.4 Å². The number of nitrogens with one attached hydrogen (secondary N) is 3. The summed E-state index contributed by atoms with van der Waals surface area (Å²) in [7, 11) is 0. The summed E-state index contributed by atoms with van der Waals surface area (Å²) in [6.07, 6.45) is 0.534. The van der Waals surface area contributed by atoms with Crippen molar-refractivity contribution in [3.63, 3.8) is 0 Å². The number of carboxylic acids is 1.